The largest absolute Gasteiger partial charge is 0.493 e. The standard InChI is InChI=1S/C23H26IN3O8/c1-5-34-21(29)13-35-22-16(24)8-14(9-19(22)33-4)11-26-27-20(28)12-25-23(30)15-6-7-17(31-2)18(10-15)32-3/h6-11H,5,12-13H2,1-4H3,(H,25,30)(H,27,28). The Balaban J connectivity index is 1.93. The van der Waals surface area contributed by atoms with Gasteiger partial charge < -0.3 is 29.0 Å². The van der Waals surface area contributed by atoms with Crippen molar-refractivity contribution in [2.45, 2.75) is 6.92 Å². The van der Waals surface area contributed by atoms with Crippen molar-refractivity contribution >= 4 is 46.6 Å². The first-order chi connectivity index (χ1) is 16.8. The van der Waals surface area contributed by atoms with Crippen molar-refractivity contribution in [3.05, 3.63) is 45.0 Å². The molecule has 0 radical (unpaired) electrons. The van der Waals surface area contributed by atoms with E-state index >= 15 is 0 Å². The summed E-state index contributed by atoms with van der Waals surface area (Å²) in [5.74, 6) is 0.194. The minimum Gasteiger partial charge on any atom is -0.493 e. The summed E-state index contributed by atoms with van der Waals surface area (Å²) in [5, 5.41) is 6.41. The van der Waals surface area contributed by atoms with Gasteiger partial charge in [-0.05, 0) is 65.4 Å². The first kappa shape index (κ1) is 27.7. The highest BCUT2D eigenvalue weighted by molar-refractivity contribution is 14.1. The molecule has 12 heteroatoms. The summed E-state index contributed by atoms with van der Waals surface area (Å²) < 4.78 is 26.7. The molecule has 0 bridgehead atoms. The van der Waals surface area contributed by atoms with Gasteiger partial charge in [0.05, 0.1) is 44.3 Å². The van der Waals surface area contributed by atoms with Gasteiger partial charge >= 0.3 is 5.97 Å². The molecule has 35 heavy (non-hydrogen) atoms. The minimum absolute atomic E-state index is 0.251. The van der Waals surface area contributed by atoms with Crippen molar-refractivity contribution in [2.24, 2.45) is 5.10 Å². The number of hydrogen-bond acceptors (Lipinski definition) is 9. The smallest absolute Gasteiger partial charge is 0.344 e. The summed E-state index contributed by atoms with van der Waals surface area (Å²) in [6.07, 6.45) is 1.41. The number of benzene rings is 2. The zero-order chi connectivity index (χ0) is 25.8. The summed E-state index contributed by atoms with van der Waals surface area (Å²) in [4.78, 5) is 35.9. The van der Waals surface area contributed by atoms with Gasteiger partial charge in [0.2, 0.25) is 0 Å². The molecular weight excluding hydrogens is 573 g/mol. The second kappa shape index (κ2) is 14.0. The third-order valence-corrected chi connectivity index (χ3v) is 5.15. The van der Waals surface area contributed by atoms with E-state index in [4.69, 9.17) is 23.7 Å². The van der Waals surface area contributed by atoms with E-state index in [1.165, 1.54) is 33.6 Å². The average molecular weight is 599 g/mol. The number of methoxy groups -OCH3 is 3. The number of hydrazone groups is 1. The van der Waals surface area contributed by atoms with E-state index in [-0.39, 0.29) is 19.8 Å². The van der Waals surface area contributed by atoms with Crippen LogP contribution in [0.1, 0.15) is 22.8 Å². The third kappa shape index (κ3) is 8.31. The molecule has 11 nitrogen and oxygen atoms in total. The zero-order valence-electron chi connectivity index (χ0n) is 19.7. The number of nitrogens with zero attached hydrogens (tertiary/aromatic N) is 1. The molecule has 188 valence electrons. The van der Waals surface area contributed by atoms with Crippen LogP contribution in [0.3, 0.4) is 0 Å². The van der Waals surface area contributed by atoms with Gasteiger partial charge in [0.1, 0.15) is 0 Å². The van der Waals surface area contributed by atoms with Crippen LogP contribution in [-0.4, -0.2) is 65.1 Å². The highest BCUT2D eigenvalue weighted by atomic mass is 127. The van der Waals surface area contributed by atoms with Crippen molar-refractivity contribution < 1.29 is 38.1 Å². The first-order valence-electron chi connectivity index (χ1n) is 10.3. The Morgan fingerprint density at radius 3 is 2.37 bits per heavy atom. The van der Waals surface area contributed by atoms with Gasteiger partial charge in [-0.1, -0.05) is 0 Å². The molecule has 2 aromatic carbocycles. The van der Waals surface area contributed by atoms with E-state index < -0.39 is 17.8 Å². The lowest BCUT2D eigenvalue weighted by Crippen LogP contribution is -2.34. The van der Waals surface area contributed by atoms with Crippen LogP contribution in [0.25, 0.3) is 0 Å². The predicted molar refractivity (Wildman–Crippen MR) is 135 cm³/mol. The molecule has 0 unspecified atom stereocenters. The second-order valence-electron chi connectivity index (χ2n) is 6.67. The fourth-order valence-electron chi connectivity index (χ4n) is 2.75. The molecule has 2 N–H and O–H groups in total. The van der Waals surface area contributed by atoms with Crippen molar-refractivity contribution in [3.8, 4) is 23.0 Å². The maximum Gasteiger partial charge on any atom is 0.344 e. The van der Waals surface area contributed by atoms with Crippen LogP contribution in [0.2, 0.25) is 0 Å². The Hall–Kier alpha value is -3.55. The van der Waals surface area contributed by atoms with Crippen LogP contribution in [0.5, 0.6) is 23.0 Å². The molecule has 0 aliphatic carbocycles. The Morgan fingerprint density at radius 2 is 1.71 bits per heavy atom. The Bertz CT molecular complexity index is 1090. The lowest BCUT2D eigenvalue weighted by molar-refractivity contribution is -0.145. The quantitative estimate of drug-likeness (QED) is 0.164. The van der Waals surface area contributed by atoms with E-state index in [1.54, 1.807) is 31.2 Å². The maximum absolute atomic E-state index is 12.3. The summed E-state index contributed by atoms with van der Waals surface area (Å²) in [6, 6.07) is 8.04. The first-order valence-corrected chi connectivity index (χ1v) is 11.4. The minimum atomic E-state index is -0.522. The molecular formula is C23H26IN3O8. The number of hydrogen-bond donors (Lipinski definition) is 2. The number of nitrogens with one attached hydrogen (secondary N) is 2. The van der Waals surface area contributed by atoms with Crippen LogP contribution in [0, 0.1) is 3.57 Å². The van der Waals surface area contributed by atoms with Crippen molar-refractivity contribution in [1.82, 2.24) is 10.7 Å². The molecule has 0 saturated carbocycles. The molecule has 2 rings (SSSR count). The molecule has 2 aromatic rings. The fraction of sp³-hybridized carbons (Fsp3) is 0.304. The molecule has 0 saturated heterocycles. The van der Waals surface area contributed by atoms with E-state index in [2.05, 4.69) is 15.8 Å². The number of ether oxygens (including phenoxy) is 5. The van der Waals surface area contributed by atoms with E-state index in [9.17, 15) is 14.4 Å². The van der Waals surface area contributed by atoms with Gasteiger partial charge in [-0.25, -0.2) is 10.2 Å². The van der Waals surface area contributed by atoms with Gasteiger partial charge in [-0.2, -0.15) is 5.10 Å². The number of carbonyl (C=O) groups is 3. The highest BCUT2D eigenvalue weighted by Gasteiger charge is 2.14. The third-order valence-electron chi connectivity index (χ3n) is 4.35. The molecule has 0 heterocycles. The molecule has 0 atom stereocenters. The molecule has 0 aromatic heterocycles. The number of halogens is 1. The summed E-state index contributed by atoms with van der Waals surface area (Å²) in [5.41, 5.74) is 3.27. The molecule has 0 aliphatic heterocycles. The molecule has 0 fully saturated rings. The number of amides is 2. The lowest BCUT2D eigenvalue weighted by atomic mass is 10.2. The zero-order valence-corrected chi connectivity index (χ0v) is 21.8. The Morgan fingerprint density at radius 1 is 1.00 bits per heavy atom. The van der Waals surface area contributed by atoms with Crippen molar-refractivity contribution in [1.29, 1.82) is 0 Å². The number of esters is 1. The highest BCUT2D eigenvalue weighted by Crippen LogP contribution is 2.33. The summed E-state index contributed by atoms with van der Waals surface area (Å²) >= 11 is 2.03. The van der Waals surface area contributed by atoms with Crippen LogP contribution < -0.4 is 29.7 Å². The van der Waals surface area contributed by atoms with Crippen LogP contribution in [0.4, 0.5) is 0 Å². The van der Waals surface area contributed by atoms with E-state index in [0.717, 1.165) is 0 Å². The summed E-state index contributed by atoms with van der Waals surface area (Å²) in [7, 11) is 4.42. The van der Waals surface area contributed by atoms with Gasteiger partial charge in [0.25, 0.3) is 11.8 Å². The van der Waals surface area contributed by atoms with Crippen LogP contribution >= 0.6 is 22.6 Å². The Labute approximate surface area is 216 Å². The molecule has 0 aliphatic rings. The fourth-order valence-corrected chi connectivity index (χ4v) is 3.53. The van der Waals surface area contributed by atoms with Crippen molar-refractivity contribution in [3.63, 3.8) is 0 Å². The van der Waals surface area contributed by atoms with E-state index in [1.807, 2.05) is 22.6 Å². The second-order valence-corrected chi connectivity index (χ2v) is 7.84. The number of carbonyl (C=O) groups excluding carboxylic acids is 3. The summed E-state index contributed by atoms with van der Waals surface area (Å²) in [6.45, 7) is 1.43. The topological polar surface area (TPSA) is 134 Å². The monoisotopic (exact) mass is 599 g/mol. The molecule has 0 spiro atoms. The van der Waals surface area contributed by atoms with Gasteiger partial charge in [-0.3, -0.25) is 9.59 Å². The van der Waals surface area contributed by atoms with Gasteiger partial charge in [-0.15, -0.1) is 0 Å². The van der Waals surface area contributed by atoms with Gasteiger partial charge in [0, 0.05) is 5.56 Å². The maximum atomic E-state index is 12.3. The number of rotatable bonds is 12. The van der Waals surface area contributed by atoms with Gasteiger partial charge in [0.15, 0.2) is 29.6 Å². The van der Waals surface area contributed by atoms with E-state index in [0.29, 0.717) is 37.7 Å². The lowest BCUT2D eigenvalue weighted by Gasteiger charge is -2.13. The SMILES string of the molecule is CCOC(=O)COc1c(I)cc(C=NNC(=O)CNC(=O)c2ccc(OC)c(OC)c2)cc1OC. The van der Waals surface area contributed by atoms with Crippen LogP contribution in [0.15, 0.2) is 35.4 Å². The normalized spacial score (nSPS) is 10.4. The Kier molecular flexibility index (Phi) is 11.1. The predicted octanol–water partition coefficient (Wildman–Crippen LogP) is 2.14. The van der Waals surface area contributed by atoms with Crippen LogP contribution in [-0.2, 0) is 14.3 Å². The molecule has 2 amide bonds. The van der Waals surface area contributed by atoms with Crippen molar-refractivity contribution in [2.75, 3.05) is 41.1 Å². The average Bonchev–Trinajstić information content (AvgIpc) is 2.85.